The summed E-state index contributed by atoms with van der Waals surface area (Å²) in [4.78, 5) is 28.1. The topological polar surface area (TPSA) is 125 Å². The number of anilines is 1. The first kappa shape index (κ1) is 19.6. The van der Waals surface area contributed by atoms with Crippen molar-refractivity contribution >= 4 is 17.6 Å². The summed E-state index contributed by atoms with van der Waals surface area (Å²) in [5.74, 6) is 0.207. The molecule has 0 aliphatic carbocycles. The average Bonchev–Trinajstić information content (AvgIpc) is 3.35. The number of phenols is 1. The summed E-state index contributed by atoms with van der Waals surface area (Å²) in [6, 6.07) is 4.85. The molecule has 2 aromatic heterocycles. The van der Waals surface area contributed by atoms with E-state index in [2.05, 4.69) is 10.3 Å². The Balaban J connectivity index is 1.58. The molecule has 0 radical (unpaired) electrons. The normalized spacial score (nSPS) is 16.7. The average molecular weight is 411 g/mol. The van der Waals surface area contributed by atoms with Crippen molar-refractivity contribution in [1.82, 2.24) is 19.8 Å². The van der Waals surface area contributed by atoms with Gasteiger partial charge in [-0.05, 0) is 31.5 Å². The van der Waals surface area contributed by atoms with Crippen molar-refractivity contribution in [1.29, 1.82) is 0 Å². The number of hydrogen-bond donors (Lipinski definition) is 2. The Labute approximate surface area is 171 Å². The van der Waals surface area contributed by atoms with Crippen LogP contribution in [0.4, 0.5) is 10.5 Å². The highest BCUT2D eigenvalue weighted by Gasteiger charge is 2.46. The van der Waals surface area contributed by atoms with Crippen LogP contribution in [0.15, 0.2) is 41.2 Å². The Bertz CT molecular complexity index is 1090. The minimum atomic E-state index is -1.01. The van der Waals surface area contributed by atoms with Gasteiger partial charge in [0.05, 0.1) is 30.7 Å². The number of carbonyl (C=O) groups excluding carboxylic acids is 2. The number of amides is 3. The first-order valence-electron chi connectivity index (χ1n) is 9.36. The molecule has 1 aliphatic rings. The molecule has 10 heteroatoms. The molecule has 30 heavy (non-hydrogen) atoms. The molecule has 1 unspecified atom stereocenters. The number of aliphatic hydroxyl groups excluding tert-OH is 1. The molecule has 156 valence electrons. The summed E-state index contributed by atoms with van der Waals surface area (Å²) in [6.45, 7) is 3.59. The second kappa shape index (κ2) is 7.64. The lowest BCUT2D eigenvalue weighted by Gasteiger charge is -2.20. The standard InChI is InChI=1S/C20H21N5O5/c1-12-17(13(2)30-22-12)10-23-9-15(7-21-23)25-19(28)18(11-26)24(20(25)29)8-14-4-3-5-16(27)6-14/h3-7,9,18,26-27H,8,10-11H2,1-2H3. The molecule has 3 aromatic rings. The zero-order chi connectivity index (χ0) is 21.4. The summed E-state index contributed by atoms with van der Waals surface area (Å²) in [7, 11) is 0. The van der Waals surface area contributed by atoms with Gasteiger partial charge in [-0.2, -0.15) is 5.10 Å². The van der Waals surface area contributed by atoms with Gasteiger partial charge in [-0.25, -0.2) is 9.69 Å². The third-order valence-electron chi connectivity index (χ3n) is 5.13. The predicted molar refractivity (Wildman–Crippen MR) is 105 cm³/mol. The molecular weight excluding hydrogens is 390 g/mol. The van der Waals surface area contributed by atoms with Crippen molar-refractivity contribution in [2.75, 3.05) is 11.5 Å². The predicted octanol–water partition coefficient (Wildman–Crippen LogP) is 1.57. The van der Waals surface area contributed by atoms with Crippen LogP contribution < -0.4 is 4.90 Å². The van der Waals surface area contributed by atoms with Gasteiger partial charge < -0.3 is 19.6 Å². The van der Waals surface area contributed by atoms with Crippen LogP contribution >= 0.6 is 0 Å². The van der Waals surface area contributed by atoms with E-state index < -0.39 is 24.6 Å². The van der Waals surface area contributed by atoms with Gasteiger partial charge in [-0.3, -0.25) is 9.48 Å². The van der Waals surface area contributed by atoms with E-state index in [9.17, 15) is 19.8 Å². The lowest BCUT2D eigenvalue weighted by Crippen LogP contribution is -2.37. The Morgan fingerprint density at radius 3 is 2.67 bits per heavy atom. The van der Waals surface area contributed by atoms with E-state index >= 15 is 0 Å². The van der Waals surface area contributed by atoms with Crippen LogP contribution in [0.25, 0.3) is 0 Å². The second-order valence-corrected chi connectivity index (χ2v) is 7.15. The number of nitrogens with zero attached hydrogens (tertiary/aromatic N) is 5. The van der Waals surface area contributed by atoms with Gasteiger partial charge in [0.15, 0.2) is 0 Å². The van der Waals surface area contributed by atoms with Crippen LogP contribution in [0.3, 0.4) is 0 Å². The zero-order valence-electron chi connectivity index (χ0n) is 16.5. The fourth-order valence-corrected chi connectivity index (χ4v) is 3.53. The highest BCUT2D eigenvalue weighted by atomic mass is 16.5. The quantitative estimate of drug-likeness (QED) is 0.590. The highest BCUT2D eigenvalue weighted by Crippen LogP contribution is 2.27. The van der Waals surface area contributed by atoms with Gasteiger partial charge in [0, 0.05) is 18.3 Å². The molecule has 4 rings (SSSR count). The van der Waals surface area contributed by atoms with Crippen molar-refractivity contribution < 1.29 is 24.3 Å². The number of rotatable bonds is 6. The van der Waals surface area contributed by atoms with Gasteiger partial charge in [0.25, 0.3) is 5.91 Å². The molecule has 1 atom stereocenters. The third kappa shape index (κ3) is 3.41. The molecule has 0 saturated carbocycles. The number of imide groups is 1. The Morgan fingerprint density at radius 2 is 2.00 bits per heavy atom. The van der Waals surface area contributed by atoms with Gasteiger partial charge >= 0.3 is 6.03 Å². The molecular formula is C20H21N5O5. The van der Waals surface area contributed by atoms with E-state index in [1.807, 2.05) is 6.92 Å². The van der Waals surface area contributed by atoms with Gasteiger partial charge in [0.1, 0.15) is 17.6 Å². The smallest absolute Gasteiger partial charge is 0.332 e. The van der Waals surface area contributed by atoms with E-state index in [1.165, 1.54) is 23.2 Å². The molecule has 0 spiro atoms. The van der Waals surface area contributed by atoms with E-state index in [1.54, 1.807) is 29.9 Å². The number of carbonyl (C=O) groups is 2. The summed E-state index contributed by atoms with van der Waals surface area (Å²) >= 11 is 0. The maximum atomic E-state index is 13.0. The summed E-state index contributed by atoms with van der Waals surface area (Å²) in [5.41, 5.74) is 2.58. The Hall–Kier alpha value is -3.66. The van der Waals surface area contributed by atoms with Crippen molar-refractivity contribution in [3.05, 3.63) is 59.2 Å². The summed E-state index contributed by atoms with van der Waals surface area (Å²) in [5, 5.41) is 27.5. The number of aromatic nitrogens is 3. The molecule has 0 bridgehead atoms. The van der Waals surface area contributed by atoms with Crippen LogP contribution in [0, 0.1) is 13.8 Å². The Morgan fingerprint density at radius 1 is 1.20 bits per heavy atom. The number of urea groups is 1. The van der Waals surface area contributed by atoms with Crippen LogP contribution in [-0.4, -0.2) is 54.6 Å². The minimum absolute atomic E-state index is 0.0588. The monoisotopic (exact) mass is 411 g/mol. The summed E-state index contributed by atoms with van der Waals surface area (Å²) in [6.07, 6.45) is 3.02. The minimum Gasteiger partial charge on any atom is -0.508 e. The number of phenolic OH excluding ortho intramolecular Hbond substituents is 1. The first-order valence-corrected chi connectivity index (χ1v) is 9.36. The fourth-order valence-electron chi connectivity index (χ4n) is 3.53. The maximum Gasteiger partial charge on any atom is 0.332 e. The van der Waals surface area contributed by atoms with Crippen LogP contribution in [-0.2, 0) is 17.9 Å². The Kier molecular flexibility index (Phi) is 5.00. The summed E-state index contributed by atoms with van der Waals surface area (Å²) < 4.78 is 6.75. The van der Waals surface area contributed by atoms with E-state index in [0.717, 1.165) is 16.2 Å². The highest BCUT2D eigenvalue weighted by molar-refractivity contribution is 6.21. The molecule has 10 nitrogen and oxygen atoms in total. The zero-order valence-corrected chi connectivity index (χ0v) is 16.5. The molecule has 1 saturated heterocycles. The molecule has 2 N–H and O–H groups in total. The SMILES string of the molecule is Cc1noc(C)c1Cn1cc(N2C(=O)C(CO)N(Cc3cccc(O)c3)C2=O)cn1. The van der Waals surface area contributed by atoms with E-state index in [0.29, 0.717) is 23.6 Å². The lowest BCUT2D eigenvalue weighted by atomic mass is 10.2. The number of hydrogen-bond acceptors (Lipinski definition) is 7. The fraction of sp³-hybridized carbons (Fsp3) is 0.300. The van der Waals surface area contributed by atoms with Crippen molar-refractivity contribution in [3.8, 4) is 5.75 Å². The van der Waals surface area contributed by atoms with Gasteiger partial charge in [-0.15, -0.1) is 0 Å². The number of aromatic hydroxyl groups is 1. The molecule has 3 heterocycles. The van der Waals surface area contributed by atoms with Gasteiger partial charge in [0.2, 0.25) is 0 Å². The number of benzene rings is 1. The largest absolute Gasteiger partial charge is 0.508 e. The van der Waals surface area contributed by atoms with Crippen molar-refractivity contribution in [2.24, 2.45) is 0 Å². The molecule has 1 fully saturated rings. The van der Waals surface area contributed by atoms with Crippen molar-refractivity contribution in [2.45, 2.75) is 33.0 Å². The van der Waals surface area contributed by atoms with Crippen LogP contribution in [0.2, 0.25) is 0 Å². The first-order chi connectivity index (χ1) is 14.4. The third-order valence-corrected chi connectivity index (χ3v) is 5.13. The van der Waals surface area contributed by atoms with E-state index in [-0.39, 0.29) is 12.3 Å². The maximum absolute atomic E-state index is 13.0. The van der Waals surface area contributed by atoms with Gasteiger partial charge in [-0.1, -0.05) is 17.3 Å². The molecule has 1 aliphatic heterocycles. The molecule has 3 amide bonds. The number of aryl methyl sites for hydroxylation is 2. The van der Waals surface area contributed by atoms with Crippen molar-refractivity contribution in [3.63, 3.8) is 0 Å². The molecule has 1 aromatic carbocycles. The lowest BCUT2D eigenvalue weighted by molar-refractivity contribution is -0.120. The van der Waals surface area contributed by atoms with Crippen LogP contribution in [0.1, 0.15) is 22.6 Å². The van der Waals surface area contributed by atoms with Crippen LogP contribution in [0.5, 0.6) is 5.75 Å². The number of aliphatic hydroxyl groups is 1. The second-order valence-electron chi connectivity index (χ2n) is 7.15. The van der Waals surface area contributed by atoms with E-state index in [4.69, 9.17) is 4.52 Å².